The number of Topliss-reactive ketones (excluding diaryl/α,β-unsaturated/α-hetero) is 1. The second kappa shape index (κ2) is 12.2. The van der Waals surface area contributed by atoms with Crippen LogP contribution in [0, 0.1) is 0 Å². The Kier molecular flexibility index (Phi) is 11.4. The lowest BCUT2D eigenvalue weighted by molar-refractivity contribution is 0.0777. The third-order valence-electron chi connectivity index (χ3n) is 2.01. The molecule has 4 heteroatoms. The number of ketones is 1. The Balaban J connectivity index is 0.000000360. The molecular weight excluding hydrogens is 232 g/mol. The van der Waals surface area contributed by atoms with Gasteiger partial charge < -0.3 is 14.2 Å². The van der Waals surface area contributed by atoms with Gasteiger partial charge in [0.05, 0.1) is 13.2 Å². The first-order valence-electron chi connectivity index (χ1n) is 5.90. The van der Waals surface area contributed by atoms with Gasteiger partial charge in [-0.3, -0.25) is 4.79 Å². The molecule has 0 aliphatic rings. The molecule has 1 rings (SSSR count). The molecule has 0 fully saturated rings. The number of hydrogen-bond acceptors (Lipinski definition) is 4. The Labute approximate surface area is 109 Å². The summed E-state index contributed by atoms with van der Waals surface area (Å²) >= 11 is 0. The van der Waals surface area contributed by atoms with Crippen molar-refractivity contribution < 1.29 is 19.0 Å². The summed E-state index contributed by atoms with van der Waals surface area (Å²) in [5.41, 5.74) is 0.703. The summed E-state index contributed by atoms with van der Waals surface area (Å²) < 4.78 is 14.4. The molecule has 0 saturated heterocycles. The second-order valence-electron chi connectivity index (χ2n) is 3.41. The zero-order valence-corrected chi connectivity index (χ0v) is 11.3. The molecule has 102 valence electrons. The van der Waals surface area contributed by atoms with Gasteiger partial charge in [-0.25, -0.2) is 0 Å². The standard InChI is InChI=1S/C9H10O2.C5H12O2/c1-11-7-9(10)8-5-3-2-4-6-8;1-3-7-5-4-6-2/h2-6H,7H2,1H3;3-5H2,1-2H3. The van der Waals surface area contributed by atoms with Gasteiger partial charge in [0.1, 0.15) is 6.61 Å². The van der Waals surface area contributed by atoms with Gasteiger partial charge in [-0.15, -0.1) is 0 Å². The van der Waals surface area contributed by atoms with Crippen LogP contribution < -0.4 is 0 Å². The average molecular weight is 254 g/mol. The number of benzene rings is 1. The van der Waals surface area contributed by atoms with Crippen molar-refractivity contribution in [3.8, 4) is 0 Å². The van der Waals surface area contributed by atoms with Crippen molar-refractivity contribution >= 4 is 5.78 Å². The molecule has 0 aromatic heterocycles. The number of carbonyl (C=O) groups is 1. The van der Waals surface area contributed by atoms with E-state index in [1.165, 1.54) is 7.11 Å². The molecule has 0 spiro atoms. The Bertz CT molecular complexity index is 294. The molecule has 0 aliphatic heterocycles. The quantitative estimate of drug-likeness (QED) is 0.552. The Morgan fingerprint density at radius 1 is 1.06 bits per heavy atom. The van der Waals surface area contributed by atoms with Crippen molar-refractivity contribution in [3.63, 3.8) is 0 Å². The molecule has 1 aromatic rings. The number of methoxy groups -OCH3 is 2. The van der Waals surface area contributed by atoms with E-state index < -0.39 is 0 Å². The van der Waals surface area contributed by atoms with E-state index in [-0.39, 0.29) is 12.4 Å². The molecule has 0 N–H and O–H groups in total. The van der Waals surface area contributed by atoms with Crippen molar-refractivity contribution in [2.45, 2.75) is 6.92 Å². The molecule has 0 heterocycles. The van der Waals surface area contributed by atoms with Gasteiger partial charge in [0.25, 0.3) is 0 Å². The van der Waals surface area contributed by atoms with Crippen LogP contribution in [0.25, 0.3) is 0 Å². The number of ether oxygens (including phenoxy) is 3. The Hall–Kier alpha value is -1.23. The number of hydrogen-bond donors (Lipinski definition) is 0. The maximum absolute atomic E-state index is 11.1. The molecule has 4 nitrogen and oxygen atoms in total. The van der Waals surface area contributed by atoms with Crippen LogP contribution in [-0.4, -0.2) is 46.4 Å². The van der Waals surface area contributed by atoms with Gasteiger partial charge in [0.2, 0.25) is 0 Å². The van der Waals surface area contributed by atoms with E-state index in [9.17, 15) is 4.79 Å². The van der Waals surface area contributed by atoms with Gasteiger partial charge in [0.15, 0.2) is 5.78 Å². The first-order valence-corrected chi connectivity index (χ1v) is 5.90. The Morgan fingerprint density at radius 2 is 1.72 bits per heavy atom. The predicted octanol–water partition coefficient (Wildman–Crippen LogP) is 2.18. The lowest BCUT2D eigenvalue weighted by atomic mass is 10.1. The first-order chi connectivity index (χ1) is 8.76. The fourth-order valence-electron chi connectivity index (χ4n) is 1.13. The van der Waals surface area contributed by atoms with Gasteiger partial charge >= 0.3 is 0 Å². The van der Waals surface area contributed by atoms with E-state index in [2.05, 4.69) is 0 Å². The summed E-state index contributed by atoms with van der Waals surface area (Å²) in [7, 11) is 3.18. The summed E-state index contributed by atoms with van der Waals surface area (Å²) in [5.74, 6) is 0.0214. The van der Waals surface area contributed by atoms with Gasteiger partial charge in [-0.2, -0.15) is 0 Å². The fraction of sp³-hybridized carbons (Fsp3) is 0.500. The molecule has 0 bridgehead atoms. The van der Waals surface area contributed by atoms with Crippen LogP contribution in [0.1, 0.15) is 17.3 Å². The molecule has 0 atom stereocenters. The highest BCUT2D eigenvalue weighted by Crippen LogP contribution is 1.99. The number of rotatable bonds is 7. The highest BCUT2D eigenvalue weighted by atomic mass is 16.5. The highest BCUT2D eigenvalue weighted by molar-refractivity contribution is 5.96. The normalized spacial score (nSPS) is 9.50. The first kappa shape index (κ1) is 16.8. The predicted molar refractivity (Wildman–Crippen MR) is 71.0 cm³/mol. The van der Waals surface area contributed by atoms with Crippen molar-refractivity contribution in [2.75, 3.05) is 40.6 Å². The SMILES string of the molecule is CCOCCOC.COCC(=O)c1ccccc1. The van der Waals surface area contributed by atoms with Crippen molar-refractivity contribution in [1.82, 2.24) is 0 Å². The molecule has 0 aliphatic carbocycles. The summed E-state index contributed by atoms with van der Waals surface area (Å²) in [6.07, 6.45) is 0. The van der Waals surface area contributed by atoms with E-state index >= 15 is 0 Å². The van der Waals surface area contributed by atoms with Crippen LogP contribution in [-0.2, 0) is 14.2 Å². The minimum absolute atomic E-state index is 0.0214. The summed E-state index contributed by atoms with van der Waals surface area (Å²) in [4.78, 5) is 11.1. The van der Waals surface area contributed by atoms with Gasteiger partial charge in [-0.1, -0.05) is 30.3 Å². The topological polar surface area (TPSA) is 44.8 Å². The van der Waals surface area contributed by atoms with E-state index in [4.69, 9.17) is 14.2 Å². The van der Waals surface area contributed by atoms with Crippen LogP contribution in [0.4, 0.5) is 0 Å². The van der Waals surface area contributed by atoms with Crippen molar-refractivity contribution in [2.24, 2.45) is 0 Å². The van der Waals surface area contributed by atoms with Crippen LogP contribution in [0.2, 0.25) is 0 Å². The molecule has 1 aromatic carbocycles. The third-order valence-corrected chi connectivity index (χ3v) is 2.01. The largest absolute Gasteiger partial charge is 0.382 e. The smallest absolute Gasteiger partial charge is 0.188 e. The van der Waals surface area contributed by atoms with Gasteiger partial charge in [0, 0.05) is 26.4 Å². The molecule has 0 amide bonds. The molecule has 0 radical (unpaired) electrons. The number of carbonyl (C=O) groups excluding carboxylic acids is 1. The van der Waals surface area contributed by atoms with Crippen molar-refractivity contribution in [3.05, 3.63) is 35.9 Å². The lowest BCUT2D eigenvalue weighted by Crippen LogP contribution is -2.06. The summed E-state index contributed by atoms with van der Waals surface area (Å²) in [6, 6.07) is 9.11. The van der Waals surface area contributed by atoms with Gasteiger partial charge in [-0.05, 0) is 6.92 Å². The zero-order chi connectivity index (χ0) is 13.6. The van der Waals surface area contributed by atoms with E-state index in [1.54, 1.807) is 19.2 Å². The fourth-order valence-corrected chi connectivity index (χ4v) is 1.13. The van der Waals surface area contributed by atoms with Crippen LogP contribution >= 0.6 is 0 Å². The Morgan fingerprint density at radius 3 is 2.22 bits per heavy atom. The molecule has 18 heavy (non-hydrogen) atoms. The van der Waals surface area contributed by atoms with E-state index in [1.807, 2.05) is 25.1 Å². The summed E-state index contributed by atoms with van der Waals surface area (Å²) in [6.45, 7) is 4.32. The van der Waals surface area contributed by atoms with Crippen LogP contribution in [0.15, 0.2) is 30.3 Å². The summed E-state index contributed by atoms with van der Waals surface area (Å²) in [5, 5.41) is 0. The lowest BCUT2D eigenvalue weighted by Gasteiger charge is -1.97. The maximum atomic E-state index is 11.1. The van der Waals surface area contributed by atoms with Crippen molar-refractivity contribution in [1.29, 1.82) is 0 Å². The molecule has 0 saturated carbocycles. The maximum Gasteiger partial charge on any atom is 0.188 e. The second-order valence-corrected chi connectivity index (χ2v) is 3.41. The van der Waals surface area contributed by atoms with E-state index in [0.29, 0.717) is 18.8 Å². The molecule has 0 unspecified atom stereocenters. The van der Waals surface area contributed by atoms with E-state index in [0.717, 1.165) is 6.61 Å². The zero-order valence-electron chi connectivity index (χ0n) is 11.3. The van der Waals surface area contributed by atoms with Crippen LogP contribution in [0.3, 0.4) is 0 Å². The van der Waals surface area contributed by atoms with Crippen LogP contribution in [0.5, 0.6) is 0 Å². The molecular formula is C14H22O4. The highest BCUT2D eigenvalue weighted by Gasteiger charge is 2.01. The minimum atomic E-state index is 0.0214. The third kappa shape index (κ3) is 8.87. The minimum Gasteiger partial charge on any atom is -0.382 e. The average Bonchev–Trinajstić information content (AvgIpc) is 2.41. The monoisotopic (exact) mass is 254 g/mol.